The first-order chi connectivity index (χ1) is 13.2. The zero-order valence-corrected chi connectivity index (χ0v) is 15.9. The number of oxazole rings is 1. The summed E-state index contributed by atoms with van der Waals surface area (Å²) in [7, 11) is 0. The van der Waals surface area contributed by atoms with Crippen LogP contribution in [-0.2, 0) is 0 Å². The fourth-order valence-corrected chi connectivity index (χ4v) is 4.59. The summed E-state index contributed by atoms with van der Waals surface area (Å²) < 4.78 is 18.1. The van der Waals surface area contributed by atoms with Crippen LogP contribution < -0.4 is 11.1 Å². The minimum absolute atomic E-state index is 0.188. The molecule has 4 nitrogen and oxygen atoms in total. The second-order valence-corrected chi connectivity index (χ2v) is 8.24. The minimum atomic E-state index is -0.395. The van der Waals surface area contributed by atoms with Gasteiger partial charge in [-0.3, -0.25) is 4.98 Å². The van der Waals surface area contributed by atoms with Crippen LogP contribution in [0.5, 0.6) is 0 Å². The van der Waals surface area contributed by atoms with Crippen LogP contribution in [0.4, 0.5) is 4.39 Å². The van der Waals surface area contributed by atoms with Gasteiger partial charge in [0.15, 0.2) is 5.58 Å². The van der Waals surface area contributed by atoms with Gasteiger partial charge >= 0.3 is 5.76 Å². The van der Waals surface area contributed by atoms with Crippen LogP contribution in [-0.4, -0.2) is 23.3 Å². The Morgan fingerprint density at radius 3 is 2.67 bits per heavy atom. The molecule has 1 fully saturated rings. The molecule has 6 heteroatoms. The van der Waals surface area contributed by atoms with Gasteiger partial charge in [-0.25, -0.2) is 9.18 Å². The highest BCUT2D eigenvalue weighted by Crippen LogP contribution is 2.34. The van der Waals surface area contributed by atoms with Crippen LogP contribution >= 0.6 is 11.8 Å². The van der Waals surface area contributed by atoms with Crippen LogP contribution in [0.15, 0.2) is 56.6 Å². The Morgan fingerprint density at radius 2 is 1.89 bits per heavy atom. The number of aromatic nitrogens is 1. The highest BCUT2D eigenvalue weighted by molar-refractivity contribution is 7.99. The fourth-order valence-electron chi connectivity index (χ4n) is 3.81. The van der Waals surface area contributed by atoms with Crippen molar-refractivity contribution < 1.29 is 8.81 Å². The van der Waals surface area contributed by atoms with Crippen molar-refractivity contribution in [1.82, 2.24) is 10.3 Å². The standard InChI is InChI=1S/C21H23FN2O2S/c22-16-4-8-18(9-5-16)27-12-11-23-17-6-1-14(2-7-17)15-3-10-19-20(13-15)26-21(25)24-19/h3-5,8-10,13-14,17,23H,1-2,6-7,11-12H2,(H,24,25)/t14-,17-. The van der Waals surface area contributed by atoms with E-state index < -0.39 is 5.76 Å². The van der Waals surface area contributed by atoms with Crippen molar-refractivity contribution in [3.05, 3.63) is 64.4 Å². The fraction of sp³-hybridized carbons (Fsp3) is 0.381. The largest absolute Gasteiger partial charge is 0.417 e. The van der Waals surface area contributed by atoms with Crippen molar-refractivity contribution in [2.45, 2.75) is 42.5 Å². The smallest absolute Gasteiger partial charge is 0.408 e. The summed E-state index contributed by atoms with van der Waals surface area (Å²) in [4.78, 5) is 15.1. The lowest BCUT2D eigenvalue weighted by Crippen LogP contribution is -2.34. The molecule has 0 amide bonds. The number of aromatic amines is 1. The summed E-state index contributed by atoms with van der Waals surface area (Å²) in [6.07, 6.45) is 4.59. The van der Waals surface area contributed by atoms with Gasteiger partial charge in [-0.05, 0) is 73.6 Å². The number of benzene rings is 2. The maximum atomic E-state index is 12.9. The number of halogens is 1. The SMILES string of the molecule is O=c1[nH]c2ccc([C@H]3CC[C@H](NCCSc4ccc(F)cc4)CC3)cc2o1. The number of fused-ring (bicyclic) bond motifs is 1. The maximum Gasteiger partial charge on any atom is 0.417 e. The van der Waals surface area contributed by atoms with Gasteiger partial charge in [0.05, 0.1) is 5.52 Å². The lowest BCUT2D eigenvalue weighted by atomic mass is 9.81. The molecule has 27 heavy (non-hydrogen) atoms. The van der Waals surface area contributed by atoms with Gasteiger partial charge < -0.3 is 9.73 Å². The van der Waals surface area contributed by atoms with Gasteiger partial charge in [-0.2, -0.15) is 0 Å². The Hall–Kier alpha value is -2.05. The predicted molar refractivity (Wildman–Crippen MR) is 107 cm³/mol. The first-order valence-electron chi connectivity index (χ1n) is 9.42. The molecule has 0 bridgehead atoms. The van der Waals surface area contributed by atoms with E-state index in [2.05, 4.69) is 16.4 Å². The molecule has 1 aliphatic rings. The van der Waals surface area contributed by atoms with Gasteiger partial charge in [0.2, 0.25) is 0 Å². The lowest BCUT2D eigenvalue weighted by Gasteiger charge is -2.29. The van der Waals surface area contributed by atoms with Crippen LogP contribution in [0, 0.1) is 5.82 Å². The summed E-state index contributed by atoms with van der Waals surface area (Å²) in [5.74, 6) is 0.927. The van der Waals surface area contributed by atoms with Gasteiger partial charge in [-0.1, -0.05) is 6.07 Å². The third kappa shape index (κ3) is 4.62. The molecule has 0 radical (unpaired) electrons. The van der Waals surface area contributed by atoms with Crippen LogP contribution in [0.1, 0.15) is 37.2 Å². The summed E-state index contributed by atoms with van der Waals surface area (Å²) in [5.41, 5.74) is 2.67. The quantitative estimate of drug-likeness (QED) is 0.477. The number of hydrogen-bond donors (Lipinski definition) is 2. The molecular weight excluding hydrogens is 363 g/mol. The molecule has 0 unspecified atom stereocenters. The second-order valence-electron chi connectivity index (χ2n) is 7.08. The Balaban J connectivity index is 1.22. The second kappa shape index (κ2) is 8.31. The first kappa shape index (κ1) is 18.3. The number of hydrogen-bond acceptors (Lipinski definition) is 4. The van der Waals surface area contributed by atoms with Crippen LogP contribution in [0.2, 0.25) is 0 Å². The molecule has 0 atom stereocenters. The summed E-state index contributed by atoms with van der Waals surface area (Å²) in [5, 5.41) is 3.65. The van der Waals surface area contributed by atoms with Gasteiger partial charge in [0.25, 0.3) is 0 Å². The van der Waals surface area contributed by atoms with E-state index in [-0.39, 0.29) is 5.82 Å². The third-order valence-electron chi connectivity index (χ3n) is 5.26. The molecule has 3 aromatic rings. The molecule has 4 rings (SSSR count). The zero-order valence-electron chi connectivity index (χ0n) is 15.0. The Kier molecular flexibility index (Phi) is 5.64. The first-order valence-corrected chi connectivity index (χ1v) is 10.4. The minimum Gasteiger partial charge on any atom is -0.408 e. The maximum absolute atomic E-state index is 12.9. The van der Waals surface area contributed by atoms with Gasteiger partial charge in [0.1, 0.15) is 5.82 Å². The average molecular weight is 386 g/mol. The van der Waals surface area contributed by atoms with Crippen molar-refractivity contribution in [3.63, 3.8) is 0 Å². The van der Waals surface area contributed by atoms with E-state index in [4.69, 9.17) is 4.42 Å². The highest BCUT2D eigenvalue weighted by Gasteiger charge is 2.22. The summed E-state index contributed by atoms with van der Waals surface area (Å²) >= 11 is 1.75. The van der Waals surface area contributed by atoms with E-state index in [1.54, 1.807) is 11.8 Å². The van der Waals surface area contributed by atoms with Crippen molar-refractivity contribution in [2.24, 2.45) is 0 Å². The van der Waals surface area contributed by atoms with Crippen LogP contribution in [0.3, 0.4) is 0 Å². The normalized spacial score (nSPS) is 20.2. The van der Waals surface area contributed by atoms with Crippen LogP contribution in [0.25, 0.3) is 11.1 Å². The third-order valence-corrected chi connectivity index (χ3v) is 6.27. The van der Waals surface area contributed by atoms with Crippen molar-refractivity contribution in [2.75, 3.05) is 12.3 Å². The van der Waals surface area contributed by atoms with Gasteiger partial charge in [0, 0.05) is 23.2 Å². The molecular formula is C21H23FN2O2S. The number of thioether (sulfide) groups is 1. The Bertz CT molecular complexity index is 943. The molecule has 0 spiro atoms. The van der Waals surface area contributed by atoms with Crippen molar-refractivity contribution in [3.8, 4) is 0 Å². The van der Waals surface area contributed by atoms with E-state index in [0.29, 0.717) is 17.5 Å². The predicted octanol–water partition coefficient (Wildman–Crippen LogP) is 4.67. The molecule has 1 saturated carbocycles. The monoisotopic (exact) mass is 386 g/mol. The molecule has 142 valence electrons. The van der Waals surface area contributed by atoms with Gasteiger partial charge in [-0.15, -0.1) is 11.8 Å². The molecule has 2 N–H and O–H groups in total. The highest BCUT2D eigenvalue weighted by atomic mass is 32.2. The number of nitrogens with one attached hydrogen (secondary N) is 2. The topological polar surface area (TPSA) is 58.0 Å². The lowest BCUT2D eigenvalue weighted by molar-refractivity contribution is 0.348. The molecule has 2 aromatic carbocycles. The van der Waals surface area contributed by atoms with E-state index in [1.807, 2.05) is 24.3 Å². The molecule has 1 aliphatic carbocycles. The zero-order chi connectivity index (χ0) is 18.6. The Morgan fingerprint density at radius 1 is 1.11 bits per heavy atom. The Labute approximate surface area is 161 Å². The summed E-state index contributed by atoms with van der Waals surface area (Å²) in [6, 6.07) is 13.3. The van der Waals surface area contributed by atoms with Crippen molar-refractivity contribution >= 4 is 22.9 Å². The molecule has 0 saturated heterocycles. The van der Waals surface area contributed by atoms with Crippen molar-refractivity contribution in [1.29, 1.82) is 0 Å². The van der Waals surface area contributed by atoms with E-state index in [9.17, 15) is 9.18 Å². The molecule has 0 aliphatic heterocycles. The molecule has 1 heterocycles. The average Bonchev–Trinajstić information content (AvgIpc) is 3.06. The number of rotatable bonds is 6. The summed E-state index contributed by atoms with van der Waals surface area (Å²) in [6.45, 7) is 0.956. The number of H-pyrrole nitrogens is 1. The molecule has 1 aromatic heterocycles. The van der Waals surface area contributed by atoms with E-state index in [1.165, 1.54) is 17.7 Å². The van der Waals surface area contributed by atoms with E-state index >= 15 is 0 Å². The van der Waals surface area contributed by atoms with E-state index in [0.717, 1.165) is 48.4 Å².